The first-order valence-electron chi connectivity index (χ1n) is 9.80. The molecular weight excluding hydrogens is 499 g/mol. The van der Waals surface area contributed by atoms with Gasteiger partial charge in [0.25, 0.3) is 10.0 Å². The Bertz CT molecular complexity index is 1250. The van der Waals surface area contributed by atoms with Gasteiger partial charge in [-0.25, -0.2) is 21.6 Å². The van der Waals surface area contributed by atoms with Crippen LogP contribution in [-0.4, -0.2) is 36.0 Å². The molecule has 0 aliphatic heterocycles. The number of halogens is 2. The standard InChI is InChI=1S/C23H24BrFN2O4S/c1-23(2,3)31-22(28)26(4)14-16-12-21(19-10-5-6-11-20(19)25)27(15-16)32(29,30)18-9-7-8-17(24)13-18/h5-13,15H,14H2,1-4H3. The van der Waals surface area contributed by atoms with Gasteiger partial charge in [-0.2, -0.15) is 0 Å². The zero-order valence-corrected chi connectivity index (χ0v) is 20.6. The maximum atomic E-state index is 14.6. The van der Waals surface area contributed by atoms with Crippen LogP contribution in [0.5, 0.6) is 0 Å². The molecule has 0 unspecified atom stereocenters. The van der Waals surface area contributed by atoms with Crippen molar-refractivity contribution in [2.75, 3.05) is 7.05 Å². The largest absolute Gasteiger partial charge is 0.444 e. The second-order valence-corrected chi connectivity index (χ2v) is 11.0. The summed E-state index contributed by atoms with van der Waals surface area (Å²) in [6.45, 7) is 5.36. The molecule has 0 saturated carbocycles. The topological polar surface area (TPSA) is 68.6 Å². The van der Waals surface area contributed by atoms with Gasteiger partial charge in [-0.3, -0.25) is 0 Å². The van der Waals surface area contributed by atoms with Gasteiger partial charge in [0, 0.05) is 23.3 Å². The minimum absolute atomic E-state index is 0.0483. The molecule has 0 saturated heterocycles. The number of amides is 1. The lowest BCUT2D eigenvalue weighted by atomic mass is 10.1. The monoisotopic (exact) mass is 522 g/mol. The van der Waals surface area contributed by atoms with Crippen molar-refractivity contribution in [1.82, 2.24) is 8.87 Å². The minimum Gasteiger partial charge on any atom is -0.444 e. The second kappa shape index (κ2) is 9.07. The summed E-state index contributed by atoms with van der Waals surface area (Å²) in [5, 5.41) is 0. The molecule has 170 valence electrons. The first-order valence-corrected chi connectivity index (χ1v) is 12.0. The average Bonchev–Trinajstić information content (AvgIpc) is 3.11. The Morgan fingerprint density at radius 1 is 1.12 bits per heavy atom. The summed E-state index contributed by atoms with van der Waals surface area (Å²) in [4.78, 5) is 13.7. The van der Waals surface area contributed by atoms with Crippen molar-refractivity contribution < 1.29 is 22.3 Å². The lowest BCUT2D eigenvalue weighted by molar-refractivity contribution is 0.0285. The van der Waals surface area contributed by atoms with E-state index in [-0.39, 0.29) is 22.7 Å². The van der Waals surface area contributed by atoms with Gasteiger partial charge in [-0.05, 0) is 62.7 Å². The molecule has 6 nitrogen and oxygen atoms in total. The predicted octanol–water partition coefficient (Wildman–Crippen LogP) is 5.66. The number of benzene rings is 2. The van der Waals surface area contributed by atoms with Crippen molar-refractivity contribution in [2.24, 2.45) is 0 Å². The summed E-state index contributed by atoms with van der Waals surface area (Å²) >= 11 is 3.29. The van der Waals surface area contributed by atoms with E-state index in [1.165, 1.54) is 41.4 Å². The molecule has 0 fully saturated rings. The lowest BCUT2D eigenvalue weighted by Gasteiger charge is -2.24. The van der Waals surface area contributed by atoms with Crippen molar-refractivity contribution in [1.29, 1.82) is 0 Å². The van der Waals surface area contributed by atoms with E-state index in [0.717, 1.165) is 3.97 Å². The fourth-order valence-corrected chi connectivity index (χ4v) is 5.06. The van der Waals surface area contributed by atoms with E-state index in [4.69, 9.17) is 4.74 Å². The van der Waals surface area contributed by atoms with E-state index in [2.05, 4.69) is 15.9 Å². The maximum absolute atomic E-state index is 14.6. The lowest BCUT2D eigenvalue weighted by Crippen LogP contribution is -2.33. The fourth-order valence-electron chi connectivity index (χ4n) is 3.07. The van der Waals surface area contributed by atoms with Crippen LogP contribution in [-0.2, 0) is 21.3 Å². The molecule has 3 aromatic rings. The molecule has 2 aromatic carbocycles. The summed E-state index contributed by atoms with van der Waals surface area (Å²) < 4.78 is 48.5. The van der Waals surface area contributed by atoms with Crippen molar-refractivity contribution in [3.05, 3.63) is 76.6 Å². The van der Waals surface area contributed by atoms with Crippen molar-refractivity contribution in [3.8, 4) is 11.3 Å². The third-order valence-electron chi connectivity index (χ3n) is 4.47. The number of hydrogen-bond donors (Lipinski definition) is 0. The Kier molecular flexibility index (Phi) is 6.80. The number of rotatable bonds is 5. The third kappa shape index (κ3) is 5.39. The maximum Gasteiger partial charge on any atom is 0.410 e. The van der Waals surface area contributed by atoms with Gasteiger partial charge >= 0.3 is 6.09 Å². The van der Waals surface area contributed by atoms with Gasteiger partial charge in [0.05, 0.1) is 17.1 Å². The highest BCUT2D eigenvalue weighted by Gasteiger charge is 2.25. The Morgan fingerprint density at radius 2 is 1.81 bits per heavy atom. The molecule has 0 radical (unpaired) electrons. The van der Waals surface area contributed by atoms with Crippen LogP contribution in [0.25, 0.3) is 11.3 Å². The van der Waals surface area contributed by atoms with Gasteiger partial charge in [0.2, 0.25) is 0 Å². The van der Waals surface area contributed by atoms with Crippen molar-refractivity contribution >= 4 is 32.0 Å². The summed E-state index contributed by atoms with van der Waals surface area (Å²) in [5.41, 5.74) is 0.141. The van der Waals surface area contributed by atoms with E-state index in [1.807, 2.05) is 0 Å². The van der Waals surface area contributed by atoms with Crippen molar-refractivity contribution in [3.63, 3.8) is 0 Å². The zero-order chi connectivity index (χ0) is 23.7. The fraction of sp³-hybridized carbons (Fsp3) is 0.261. The number of carbonyl (C=O) groups is 1. The van der Waals surface area contributed by atoms with E-state index < -0.39 is 27.5 Å². The Hall–Kier alpha value is -2.65. The van der Waals surface area contributed by atoms with Gasteiger partial charge in [0.15, 0.2) is 0 Å². The van der Waals surface area contributed by atoms with Crippen LogP contribution in [0.2, 0.25) is 0 Å². The molecule has 0 bridgehead atoms. The normalized spacial score (nSPS) is 11.9. The van der Waals surface area contributed by atoms with Crippen LogP contribution in [0.4, 0.5) is 9.18 Å². The predicted molar refractivity (Wildman–Crippen MR) is 124 cm³/mol. The molecular formula is C23H24BrFN2O4S. The van der Waals surface area contributed by atoms with Crippen molar-refractivity contribution in [2.45, 2.75) is 37.8 Å². The molecule has 9 heteroatoms. The van der Waals surface area contributed by atoms with Crippen LogP contribution in [0.1, 0.15) is 26.3 Å². The highest BCUT2D eigenvalue weighted by molar-refractivity contribution is 9.10. The average molecular weight is 523 g/mol. The quantitative estimate of drug-likeness (QED) is 0.433. The number of hydrogen-bond acceptors (Lipinski definition) is 4. The highest BCUT2D eigenvalue weighted by Crippen LogP contribution is 2.30. The van der Waals surface area contributed by atoms with Crippen LogP contribution >= 0.6 is 15.9 Å². The van der Waals surface area contributed by atoms with Crippen LogP contribution in [0.15, 0.2) is 70.2 Å². The first kappa shape index (κ1) is 24.0. The van der Waals surface area contributed by atoms with Gasteiger partial charge < -0.3 is 9.64 Å². The van der Waals surface area contributed by atoms with Gasteiger partial charge in [0.1, 0.15) is 11.4 Å². The first-order chi connectivity index (χ1) is 14.9. The van der Waals surface area contributed by atoms with Gasteiger partial charge in [-0.15, -0.1) is 0 Å². The number of aromatic nitrogens is 1. The Labute approximate surface area is 195 Å². The molecule has 0 aliphatic rings. The molecule has 1 aromatic heterocycles. The van der Waals surface area contributed by atoms with Crippen LogP contribution in [0, 0.1) is 5.82 Å². The molecule has 0 atom stereocenters. The highest BCUT2D eigenvalue weighted by atomic mass is 79.9. The number of ether oxygens (including phenoxy) is 1. The molecule has 0 aliphatic carbocycles. The smallest absolute Gasteiger partial charge is 0.410 e. The third-order valence-corrected chi connectivity index (χ3v) is 6.63. The SMILES string of the molecule is CN(Cc1cc(-c2ccccc2F)n(S(=O)(=O)c2cccc(Br)c2)c1)C(=O)OC(C)(C)C. The number of nitrogens with zero attached hydrogens (tertiary/aromatic N) is 2. The summed E-state index contributed by atoms with van der Waals surface area (Å²) in [5.74, 6) is -0.552. The minimum atomic E-state index is -4.04. The Morgan fingerprint density at radius 3 is 2.44 bits per heavy atom. The van der Waals surface area contributed by atoms with Gasteiger partial charge in [-0.1, -0.05) is 34.1 Å². The molecule has 0 spiro atoms. The van der Waals surface area contributed by atoms with E-state index in [1.54, 1.807) is 52.1 Å². The van der Waals surface area contributed by atoms with E-state index >= 15 is 0 Å². The van der Waals surface area contributed by atoms with E-state index in [0.29, 0.717) is 10.0 Å². The van der Waals surface area contributed by atoms with Crippen LogP contribution < -0.4 is 0 Å². The summed E-state index contributed by atoms with van der Waals surface area (Å²) in [6, 6.07) is 13.8. The second-order valence-electron chi connectivity index (χ2n) is 8.31. The molecule has 1 amide bonds. The molecule has 3 rings (SSSR count). The van der Waals surface area contributed by atoms with E-state index in [9.17, 15) is 17.6 Å². The summed E-state index contributed by atoms with van der Waals surface area (Å²) in [7, 11) is -2.48. The zero-order valence-electron chi connectivity index (χ0n) is 18.2. The molecule has 32 heavy (non-hydrogen) atoms. The molecule has 1 heterocycles. The number of carbonyl (C=O) groups excluding carboxylic acids is 1. The summed E-state index contributed by atoms with van der Waals surface area (Å²) in [6.07, 6.45) is 0.853. The Balaban J connectivity index is 2.07. The molecule has 0 N–H and O–H groups in total. The van der Waals surface area contributed by atoms with Crippen LogP contribution in [0.3, 0.4) is 0 Å².